The van der Waals surface area contributed by atoms with Gasteiger partial charge in [0, 0.05) is 11.8 Å². The van der Waals surface area contributed by atoms with Crippen LogP contribution < -0.4 is 10.1 Å². The van der Waals surface area contributed by atoms with Crippen molar-refractivity contribution in [1.82, 2.24) is 14.9 Å². The lowest BCUT2D eigenvalue weighted by atomic mass is 10.0. The molecule has 3 aromatic rings. The number of aryl methyl sites for hydroxylation is 1. The number of amides is 1. The first-order valence-corrected chi connectivity index (χ1v) is 11.3. The minimum atomic E-state index is -3.29. The Hall–Kier alpha value is -2.87. The van der Waals surface area contributed by atoms with E-state index in [1.807, 2.05) is 50.2 Å². The van der Waals surface area contributed by atoms with Crippen LogP contribution in [0.5, 0.6) is 5.75 Å². The first-order valence-electron chi connectivity index (χ1n) is 9.23. The number of carbonyl (C=O) groups is 1. The van der Waals surface area contributed by atoms with Crippen LogP contribution in [0.1, 0.15) is 29.9 Å². The molecule has 154 valence electrons. The first kappa shape index (κ1) is 20.9. The smallest absolute Gasteiger partial charge is 0.240 e. The predicted octanol–water partition coefficient (Wildman–Crippen LogP) is 2.78. The molecule has 0 fully saturated rings. The van der Waals surface area contributed by atoms with Gasteiger partial charge in [-0.3, -0.25) is 4.79 Å². The van der Waals surface area contributed by atoms with Crippen LogP contribution in [0, 0.1) is 6.92 Å². The van der Waals surface area contributed by atoms with Gasteiger partial charge in [0.15, 0.2) is 9.84 Å². The van der Waals surface area contributed by atoms with E-state index in [2.05, 4.69) is 10.3 Å². The number of ether oxygens (including phenoxy) is 1. The average molecular weight is 416 g/mol. The Morgan fingerprint density at radius 3 is 2.66 bits per heavy atom. The maximum atomic E-state index is 12.8. The molecule has 0 radical (unpaired) electrons. The van der Waals surface area contributed by atoms with E-state index >= 15 is 0 Å². The van der Waals surface area contributed by atoms with E-state index in [0.717, 1.165) is 22.9 Å². The van der Waals surface area contributed by atoms with Crippen molar-refractivity contribution in [2.45, 2.75) is 32.2 Å². The van der Waals surface area contributed by atoms with Gasteiger partial charge in [0.1, 0.15) is 23.9 Å². The van der Waals surface area contributed by atoms with Gasteiger partial charge in [0.2, 0.25) is 5.91 Å². The molecular formula is C21H25N3O4S. The third-order valence-corrected chi connectivity index (χ3v) is 5.44. The molecule has 3 rings (SSSR count). The van der Waals surface area contributed by atoms with Crippen molar-refractivity contribution in [1.29, 1.82) is 0 Å². The summed E-state index contributed by atoms with van der Waals surface area (Å²) in [5, 5.41) is 2.97. The zero-order valence-electron chi connectivity index (χ0n) is 17.0. The Balaban J connectivity index is 1.86. The van der Waals surface area contributed by atoms with Gasteiger partial charge in [-0.25, -0.2) is 13.4 Å². The molecule has 1 unspecified atom stereocenters. The van der Waals surface area contributed by atoms with Gasteiger partial charge in [-0.05, 0) is 32.0 Å². The van der Waals surface area contributed by atoms with Crippen molar-refractivity contribution in [3.05, 3.63) is 59.4 Å². The highest BCUT2D eigenvalue weighted by Crippen LogP contribution is 2.26. The fourth-order valence-corrected chi connectivity index (χ4v) is 4.04. The predicted molar refractivity (Wildman–Crippen MR) is 113 cm³/mol. The number of nitrogens with zero attached hydrogens (tertiary/aromatic N) is 2. The van der Waals surface area contributed by atoms with E-state index in [1.54, 1.807) is 17.7 Å². The molecule has 1 atom stereocenters. The van der Waals surface area contributed by atoms with Crippen LogP contribution in [0.2, 0.25) is 0 Å². The fourth-order valence-electron chi connectivity index (χ4n) is 3.35. The van der Waals surface area contributed by atoms with Crippen LogP contribution in [0.25, 0.3) is 11.0 Å². The molecule has 0 aliphatic heterocycles. The Bertz CT molecular complexity index is 1150. The van der Waals surface area contributed by atoms with Gasteiger partial charge in [-0.15, -0.1) is 0 Å². The number of benzene rings is 2. The maximum Gasteiger partial charge on any atom is 0.240 e. The van der Waals surface area contributed by atoms with Crippen molar-refractivity contribution in [2.24, 2.45) is 0 Å². The molecule has 29 heavy (non-hydrogen) atoms. The molecule has 0 bridgehead atoms. The van der Waals surface area contributed by atoms with E-state index in [-0.39, 0.29) is 24.2 Å². The topological polar surface area (TPSA) is 90.3 Å². The molecule has 0 saturated carbocycles. The number of para-hydroxylation sites is 2. The lowest BCUT2D eigenvalue weighted by molar-refractivity contribution is -0.122. The molecule has 0 aliphatic rings. The number of hydrogen-bond acceptors (Lipinski definition) is 5. The first-order chi connectivity index (χ1) is 13.7. The second kappa shape index (κ2) is 8.24. The summed E-state index contributed by atoms with van der Waals surface area (Å²) in [6, 6.07) is 12.8. The Kier molecular flexibility index (Phi) is 5.93. The largest absolute Gasteiger partial charge is 0.496 e. The van der Waals surface area contributed by atoms with Crippen molar-refractivity contribution < 1.29 is 17.9 Å². The third-order valence-electron chi connectivity index (χ3n) is 4.66. The number of sulfone groups is 1. The van der Waals surface area contributed by atoms with Crippen molar-refractivity contribution in [2.75, 3.05) is 13.4 Å². The second-order valence-electron chi connectivity index (χ2n) is 7.21. The summed E-state index contributed by atoms with van der Waals surface area (Å²) in [5.74, 6) is 0.591. The Labute approximate surface area is 170 Å². The quantitative estimate of drug-likeness (QED) is 0.641. The molecule has 1 N–H and O–H groups in total. The van der Waals surface area contributed by atoms with Gasteiger partial charge in [0.05, 0.1) is 24.2 Å². The monoisotopic (exact) mass is 415 g/mol. The number of hydrogen-bond donors (Lipinski definition) is 1. The highest BCUT2D eigenvalue weighted by molar-refractivity contribution is 7.89. The van der Waals surface area contributed by atoms with Crippen LogP contribution in [-0.4, -0.2) is 37.2 Å². The number of rotatable bonds is 7. The molecule has 0 saturated heterocycles. The summed E-state index contributed by atoms with van der Waals surface area (Å²) in [6.07, 6.45) is 1.16. The summed E-state index contributed by atoms with van der Waals surface area (Å²) in [6.45, 7) is 3.84. The SMILES string of the molecule is COc1ccc(C)cc1C(C)NC(=O)Cn1c(CS(C)(=O)=O)nc2ccccc21. The van der Waals surface area contributed by atoms with Gasteiger partial charge >= 0.3 is 0 Å². The third kappa shape index (κ3) is 4.95. The normalized spacial score (nSPS) is 12.7. The minimum Gasteiger partial charge on any atom is -0.496 e. The van der Waals surface area contributed by atoms with Gasteiger partial charge in [0.25, 0.3) is 0 Å². The van der Waals surface area contributed by atoms with E-state index in [0.29, 0.717) is 17.1 Å². The number of fused-ring (bicyclic) bond motifs is 1. The second-order valence-corrected chi connectivity index (χ2v) is 9.35. The van der Waals surface area contributed by atoms with E-state index < -0.39 is 9.84 Å². The zero-order valence-corrected chi connectivity index (χ0v) is 17.8. The van der Waals surface area contributed by atoms with Crippen molar-refractivity contribution in [3.63, 3.8) is 0 Å². The van der Waals surface area contributed by atoms with E-state index in [4.69, 9.17) is 4.74 Å². The highest BCUT2D eigenvalue weighted by Gasteiger charge is 2.19. The molecule has 0 aliphatic carbocycles. The summed E-state index contributed by atoms with van der Waals surface area (Å²) in [7, 11) is -1.70. The van der Waals surface area contributed by atoms with Crippen LogP contribution in [0.4, 0.5) is 0 Å². The molecule has 1 aromatic heterocycles. The summed E-state index contributed by atoms with van der Waals surface area (Å²) in [4.78, 5) is 17.2. The van der Waals surface area contributed by atoms with Crippen LogP contribution in [0.15, 0.2) is 42.5 Å². The van der Waals surface area contributed by atoms with Crippen LogP contribution in [-0.2, 0) is 26.9 Å². The fraction of sp³-hybridized carbons (Fsp3) is 0.333. The average Bonchev–Trinajstić information content (AvgIpc) is 2.97. The summed E-state index contributed by atoms with van der Waals surface area (Å²) < 4.78 is 30.7. The molecule has 1 amide bonds. The highest BCUT2D eigenvalue weighted by atomic mass is 32.2. The van der Waals surface area contributed by atoms with Gasteiger partial charge in [-0.2, -0.15) is 0 Å². The van der Waals surface area contributed by atoms with Crippen LogP contribution >= 0.6 is 0 Å². The lowest BCUT2D eigenvalue weighted by Crippen LogP contribution is -2.31. The van der Waals surface area contributed by atoms with E-state index in [1.165, 1.54) is 0 Å². The maximum absolute atomic E-state index is 12.8. The number of aromatic nitrogens is 2. The lowest BCUT2D eigenvalue weighted by Gasteiger charge is -2.18. The molecule has 1 heterocycles. The molecule has 2 aromatic carbocycles. The Morgan fingerprint density at radius 2 is 1.97 bits per heavy atom. The van der Waals surface area contributed by atoms with Gasteiger partial charge < -0.3 is 14.6 Å². The van der Waals surface area contributed by atoms with Gasteiger partial charge in [-0.1, -0.05) is 29.8 Å². The van der Waals surface area contributed by atoms with Crippen LogP contribution in [0.3, 0.4) is 0 Å². The van der Waals surface area contributed by atoms with Crippen molar-refractivity contribution in [3.8, 4) is 5.75 Å². The minimum absolute atomic E-state index is 0.0240. The Morgan fingerprint density at radius 1 is 1.24 bits per heavy atom. The number of imidazole rings is 1. The summed E-state index contributed by atoms with van der Waals surface area (Å²) >= 11 is 0. The molecule has 8 heteroatoms. The standard InChI is InChI=1S/C21H25N3O4S/c1-14-9-10-19(28-3)16(11-14)15(2)22-21(25)12-24-18-8-6-5-7-17(18)23-20(24)13-29(4,26)27/h5-11,15H,12-13H2,1-4H3,(H,22,25). The van der Waals surface area contributed by atoms with E-state index in [9.17, 15) is 13.2 Å². The summed E-state index contributed by atoms with van der Waals surface area (Å²) in [5.41, 5.74) is 3.33. The number of methoxy groups -OCH3 is 1. The molecular weight excluding hydrogens is 390 g/mol. The zero-order chi connectivity index (χ0) is 21.2. The molecule has 0 spiro atoms. The number of nitrogens with one attached hydrogen (secondary N) is 1. The molecule has 7 nitrogen and oxygen atoms in total. The van der Waals surface area contributed by atoms with Crippen molar-refractivity contribution >= 4 is 26.8 Å². The number of carbonyl (C=O) groups excluding carboxylic acids is 1.